The van der Waals surface area contributed by atoms with Crippen LogP contribution in [0.1, 0.15) is 18.1 Å². The zero-order valence-corrected chi connectivity index (χ0v) is 9.66. The summed E-state index contributed by atoms with van der Waals surface area (Å²) in [5.74, 6) is 0.726. The second-order valence-corrected chi connectivity index (χ2v) is 4.60. The van der Waals surface area contributed by atoms with Crippen LogP contribution in [0.25, 0.3) is 0 Å². The number of fused-ring (bicyclic) bond motifs is 1. The summed E-state index contributed by atoms with van der Waals surface area (Å²) >= 11 is 0. The van der Waals surface area contributed by atoms with Gasteiger partial charge in [-0.3, -0.25) is 4.90 Å². The van der Waals surface area contributed by atoms with Crippen molar-refractivity contribution >= 4 is 0 Å². The Labute approximate surface area is 92.3 Å². The monoisotopic (exact) mass is 204 g/mol. The zero-order chi connectivity index (χ0) is 10.7. The van der Waals surface area contributed by atoms with Gasteiger partial charge in [0.1, 0.15) is 0 Å². The van der Waals surface area contributed by atoms with E-state index in [9.17, 15) is 0 Å². The average molecular weight is 204 g/mol. The number of benzene rings is 1. The topological polar surface area (TPSA) is 15.3 Å². The van der Waals surface area contributed by atoms with E-state index in [0.29, 0.717) is 0 Å². The lowest BCUT2D eigenvalue weighted by Crippen LogP contribution is -2.28. The third-order valence-corrected chi connectivity index (χ3v) is 3.03. The maximum atomic E-state index is 3.24. The van der Waals surface area contributed by atoms with Gasteiger partial charge in [0.25, 0.3) is 0 Å². The van der Waals surface area contributed by atoms with E-state index >= 15 is 0 Å². The summed E-state index contributed by atoms with van der Waals surface area (Å²) in [6.45, 7) is 6.86. The fourth-order valence-corrected chi connectivity index (χ4v) is 2.39. The second-order valence-electron chi connectivity index (χ2n) is 4.60. The molecule has 0 radical (unpaired) electrons. The van der Waals surface area contributed by atoms with Crippen molar-refractivity contribution in [3.63, 3.8) is 0 Å². The SMILES string of the molecule is CNCC(C)CN1Cc2ccccc2C1. The number of nitrogens with one attached hydrogen (secondary N) is 1. The molecule has 1 N–H and O–H groups in total. The average Bonchev–Trinajstić information content (AvgIpc) is 2.59. The van der Waals surface area contributed by atoms with Crippen LogP contribution in [0.4, 0.5) is 0 Å². The maximum Gasteiger partial charge on any atom is 0.0240 e. The predicted octanol–water partition coefficient (Wildman–Crippen LogP) is 1.86. The lowest BCUT2D eigenvalue weighted by molar-refractivity contribution is 0.242. The summed E-state index contributed by atoms with van der Waals surface area (Å²) in [6, 6.07) is 8.77. The molecule has 1 heterocycles. The Morgan fingerprint density at radius 1 is 1.27 bits per heavy atom. The van der Waals surface area contributed by atoms with Crippen molar-refractivity contribution in [1.82, 2.24) is 10.2 Å². The highest BCUT2D eigenvalue weighted by Gasteiger charge is 2.19. The van der Waals surface area contributed by atoms with Gasteiger partial charge in [0, 0.05) is 19.6 Å². The summed E-state index contributed by atoms with van der Waals surface area (Å²) in [5, 5.41) is 3.24. The molecule has 0 saturated heterocycles. The Hall–Kier alpha value is -0.860. The minimum absolute atomic E-state index is 0.726. The molecule has 0 amide bonds. The van der Waals surface area contributed by atoms with E-state index in [0.717, 1.165) is 25.6 Å². The van der Waals surface area contributed by atoms with E-state index in [1.54, 1.807) is 0 Å². The molecule has 82 valence electrons. The Balaban J connectivity index is 1.90. The normalized spacial score (nSPS) is 17.7. The van der Waals surface area contributed by atoms with Crippen LogP contribution in [-0.4, -0.2) is 25.0 Å². The molecule has 0 bridgehead atoms. The molecule has 1 aliphatic rings. The molecule has 2 rings (SSSR count). The number of nitrogens with zero attached hydrogens (tertiary/aromatic N) is 1. The van der Waals surface area contributed by atoms with Crippen molar-refractivity contribution in [2.45, 2.75) is 20.0 Å². The van der Waals surface area contributed by atoms with Crippen molar-refractivity contribution < 1.29 is 0 Å². The molecular formula is C13H20N2. The standard InChI is InChI=1S/C13H20N2/c1-11(7-14-2)8-15-9-12-5-3-4-6-13(12)10-15/h3-6,11,14H,7-10H2,1-2H3. The molecule has 2 heteroatoms. The van der Waals surface area contributed by atoms with Crippen LogP contribution in [0.5, 0.6) is 0 Å². The van der Waals surface area contributed by atoms with Crippen molar-refractivity contribution in [3.8, 4) is 0 Å². The van der Waals surface area contributed by atoms with Crippen molar-refractivity contribution in [3.05, 3.63) is 35.4 Å². The summed E-state index contributed by atoms with van der Waals surface area (Å²) < 4.78 is 0. The zero-order valence-electron chi connectivity index (χ0n) is 9.66. The summed E-state index contributed by atoms with van der Waals surface area (Å²) in [5.41, 5.74) is 3.02. The molecule has 1 unspecified atom stereocenters. The van der Waals surface area contributed by atoms with Crippen molar-refractivity contribution in [2.75, 3.05) is 20.1 Å². The molecule has 1 aliphatic heterocycles. The van der Waals surface area contributed by atoms with Crippen LogP contribution < -0.4 is 5.32 Å². The van der Waals surface area contributed by atoms with Crippen LogP contribution in [0.15, 0.2) is 24.3 Å². The van der Waals surface area contributed by atoms with Gasteiger partial charge >= 0.3 is 0 Å². The first-order valence-electron chi connectivity index (χ1n) is 5.73. The highest BCUT2D eigenvalue weighted by Crippen LogP contribution is 2.22. The van der Waals surface area contributed by atoms with Crippen LogP contribution in [0.2, 0.25) is 0 Å². The lowest BCUT2D eigenvalue weighted by Gasteiger charge is -2.19. The highest BCUT2D eigenvalue weighted by atomic mass is 15.1. The van der Waals surface area contributed by atoms with E-state index in [-0.39, 0.29) is 0 Å². The van der Waals surface area contributed by atoms with Gasteiger partial charge in [-0.25, -0.2) is 0 Å². The number of hydrogen-bond donors (Lipinski definition) is 1. The molecule has 0 aromatic heterocycles. The molecule has 1 atom stereocenters. The third kappa shape index (κ3) is 2.58. The predicted molar refractivity (Wildman–Crippen MR) is 63.6 cm³/mol. The summed E-state index contributed by atoms with van der Waals surface area (Å²) in [6.07, 6.45) is 0. The van der Waals surface area contributed by atoms with Crippen LogP contribution >= 0.6 is 0 Å². The van der Waals surface area contributed by atoms with Crippen LogP contribution in [0, 0.1) is 5.92 Å². The minimum atomic E-state index is 0.726. The first-order chi connectivity index (χ1) is 7.29. The van der Waals surface area contributed by atoms with E-state index in [2.05, 4.69) is 41.4 Å². The van der Waals surface area contributed by atoms with Gasteiger partial charge in [-0.15, -0.1) is 0 Å². The highest BCUT2D eigenvalue weighted by molar-refractivity contribution is 5.30. The quantitative estimate of drug-likeness (QED) is 0.805. The van der Waals surface area contributed by atoms with Gasteiger partial charge in [0.2, 0.25) is 0 Å². The molecule has 0 saturated carbocycles. The fourth-order valence-electron chi connectivity index (χ4n) is 2.39. The first kappa shape index (κ1) is 10.7. The fraction of sp³-hybridized carbons (Fsp3) is 0.538. The molecular weight excluding hydrogens is 184 g/mol. The van der Waals surface area contributed by atoms with Crippen molar-refractivity contribution in [2.24, 2.45) is 5.92 Å². The maximum absolute atomic E-state index is 3.24. The Morgan fingerprint density at radius 3 is 2.40 bits per heavy atom. The van der Waals surface area contributed by atoms with E-state index < -0.39 is 0 Å². The summed E-state index contributed by atoms with van der Waals surface area (Å²) in [7, 11) is 2.02. The molecule has 0 aliphatic carbocycles. The lowest BCUT2D eigenvalue weighted by atomic mass is 10.1. The molecule has 1 aromatic carbocycles. The minimum Gasteiger partial charge on any atom is -0.319 e. The second kappa shape index (κ2) is 4.77. The van der Waals surface area contributed by atoms with Gasteiger partial charge < -0.3 is 5.32 Å². The van der Waals surface area contributed by atoms with Crippen LogP contribution in [0.3, 0.4) is 0 Å². The summed E-state index contributed by atoms with van der Waals surface area (Å²) in [4.78, 5) is 2.53. The molecule has 1 aromatic rings. The Morgan fingerprint density at radius 2 is 1.87 bits per heavy atom. The smallest absolute Gasteiger partial charge is 0.0240 e. The van der Waals surface area contributed by atoms with Gasteiger partial charge in [-0.05, 0) is 30.6 Å². The molecule has 15 heavy (non-hydrogen) atoms. The molecule has 2 nitrogen and oxygen atoms in total. The molecule has 0 fully saturated rings. The van der Waals surface area contributed by atoms with Crippen molar-refractivity contribution in [1.29, 1.82) is 0 Å². The third-order valence-electron chi connectivity index (χ3n) is 3.03. The van der Waals surface area contributed by atoms with E-state index in [1.165, 1.54) is 17.7 Å². The number of hydrogen-bond acceptors (Lipinski definition) is 2. The largest absolute Gasteiger partial charge is 0.319 e. The molecule has 0 spiro atoms. The number of rotatable bonds is 4. The first-order valence-corrected chi connectivity index (χ1v) is 5.73. The van der Waals surface area contributed by atoms with Gasteiger partial charge in [0.05, 0.1) is 0 Å². The van der Waals surface area contributed by atoms with Gasteiger partial charge in [-0.1, -0.05) is 31.2 Å². The van der Waals surface area contributed by atoms with Crippen LogP contribution in [-0.2, 0) is 13.1 Å². The van der Waals surface area contributed by atoms with E-state index in [1.807, 2.05) is 7.05 Å². The van der Waals surface area contributed by atoms with Gasteiger partial charge in [-0.2, -0.15) is 0 Å². The Kier molecular flexibility index (Phi) is 3.39. The van der Waals surface area contributed by atoms with Gasteiger partial charge in [0.15, 0.2) is 0 Å². The Bertz CT molecular complexity index is 297. The van der Waals surface area contributed by atoms with E-state index in [4.69, 9.17) is 0 Å².